The zero-order valence-electron chi connectivity index (χ0n) is 14.3. The third kappa shape index (κ3) is 4.21. The second kappa shape index (κ2) is 8.11. The Labute approximate surface area is 165 Å². The molecule has 5 N–H and O–H groups in total. The van der Waals surface area contributed by atoms with Gasteiger partial charge in [-0.25, -0.2) is 9.97 Å². The number of aryl methyl sites for hydroxylation is 1. The van der Waals surface area contributed by atoms with E-state index >= 15 is 0 Å². The van der Waals surface area contributed by atoms with E-state index in [1.165, 1.54) is 6.33 Å². The van der Waals surface area contributed by atoms with Gasteiger partial charge in [-0.1, -0.05) is 47.5 Å². The number of halogens is 2. The molecule has 7 nitrogen and oxygen atoms in total. The number of aromatic nitrogens is 2. The van der Waals surface area contributed by atoms with Crippen molar-refractivity contribution in [2.45, 2.75) is 6.92 Å². The molecule has 0 saturated carbocycles. The summed E-state index contributed by atoms with van der Waals surface area (Å²) in [6.45, 7) is 1.85. The van der Waals surface area contributed by atoms with Crippen LogP contribution in [0.5, 0.6) is 0 Å². The summed E-state index contributed by atoms with van der Waals surface area (Å²) in [6.07, 6.45) is 1.30. The third-order valence-corrected chi connectivity index (χ3v) is 4.59. The molecule has 3 aromatic rings. The maximum atomic E-state index is 12.3. The lowest BCUT2D eigenvalue weighted by molar-refractivity contribution is 0.0962. The summed E-state index contributed by atoms with van der Waals surface area (Å²) >= 11 is 12.2. The van der Waals surface area contributed by atoms with Crippen molar-refractivity contribution in [3.8, 4) is 0 Å². The van der Waals surface area contributed by atoms with Crippen molar-refractivity contribution in [3.05, 3.63) is 70.0 Å². The Hall–Kier alpha value is -3.03. The molecule has 27 heavy (non-hydrogen) atoms. The lowest BCUT2D eigenvalue weighted by Gasteiger charge is -2.14. The van der Waals surface area contributed by atoms with Crippen LogP contribution in [0.1, 0.15) is 15.9 Å². The van der Waals surface area contributed by atoms with Gasteiger partial charge >= 0.3 is 0 Å². The molecule has 9 heteroatoms. The number of nitrogen functional groups attached to an aromatic ring is 1. The van der Waals surface area contributed by atoms with Crippen molar-refractivity contribution in [1.82, 2.24) is 15.4 Å². The van der Waals surface area contributed by atoms with Crippen LogP contribution in [0.3, 0.4) is 0 Å². The molecule has 1 aromatic heterocycles. The molecule has 1 heterocycles. The highest BCUT2D eigenvalue weighted by atomic mass is 35.5. The molecule has 0 saturated heterocycles. The zero-order valence-corrected chi connectivity index (χ0v) is 15.8. The number of anilines is 4. The van der Waals surface area contributed by atoms with Crippen LogP contribution in [0.2, 0.25) is 10.0 Å². The number of carbonyl (C=O) groups excluding carboxylic acids is 1. The van der Waals surface area contributed by atoms with Crippen LogP contribution in [0.4, 0.5) is 23.0 Å². The normalized spacial score (nSPS) is 10.3. The van der Waals surface area contributed by atoms with E-state index in [0.717, 1.165) is 5.56 Å². The molecule has 0 radical (unpaired) electrons. The minimum absolute atomic E-state index is 0.207. The molecule has 0 bridgehead atoms. The summed E-state index contributed by atoms with van der Waals surface area (Å²) in [5.41, 5.74) is 13.5. The highest BCUT2D eigenvalue weighted by Crippen LogP contribution is 2.33. The number of hydrogen-bond acceptors (Lipinski definition) is 6. The summed E-state index contributed by atoms with van der Waals surface area (Å²) in [5.74, 6) is 0.257. The predicted octanol–water partition coefficient (Wildman–Crippen LogP) is 4.17. The van der Waals surface area contributed by atoms with Crippen LogP contribution in [0.25, 0.3) is 0 Å². The second-order valence-electron chi connectivity index (χ2n) is 5.60. The molecule has 1 amide bonds. The molecule has 0 aliphatic carbocycles. The van der Waals surface area contributed by atoms with Crippen molar-refractivity contribution in [2.24, 2.45) is 0 Å². The van der Waals surface area contributed by atoms with E-state index in [4.69, 9.17) is 28.9 Å². The molecule has 0 aliphatic heterocycles. The molecule has 3 rings (SSSR count). The number of rotatable bonds is 5. The van der Waals surface area contributed by atoms with Crippen LogP contribution < -0.4 is 21.9 Å². The summed E-state index contributed by atoms with van der Waals surface area (Å²) in [4.78, 5) is 20.5. The van der Waals surface area contributed by atoms with Gasteiger partial charge in [0.05, 0.1) is 15.7 Å². The number of nitrogens with one attached hydrogen (secondary N) is 3. The van der Waals surface area contributed by atoms with Gasteiger partial charge in [0.25, 0.3) is 5.91 Å². The number of nitrogens with zero attached hydrogens (tertiary/aromatic N) is 2. The van der Waals surface area contributed by atoms with E-state index in [1.807, 2.05) is 19.1 Å². The Kier molecular flexibility index (Phi) is 5.63. The largest absolute Gasteiger partial charge is 0.393 e. The molecule has 138 valence electrons. The van der Waals surface area contributed by atoms with Gasteiger partial charge in [0.1, 0.15) is 12.0 Å². The first-order chi connectivity index (χ1) is 13.0. The molecule has 0 fully saturated rings. The van der Waals surface area contributed by atoms with Crippen LogP contribution in [-0.2, 0) is 0 Å². The highest BCUT2D eigenvalue weighted by molar-refractivity contribution is 6.43. The summed E-state index contributed by atoms with van der Waals surface area (Å²) in [5, 5.41) is 3.75. The van der Waals surface area contributed by atoms with Gasteiger partial charge in [0.15, 0.2) is 11.6 Å². The fourth-order valence-electron chi connectivity index (χ4n) is 2.33. The Morgan fingerprint density at radius 2 is 1.78 bits per heavy atom. The van der Waals surface area contributed by atoms with Gasteiger partial charge in [0.2, 0.25) is 0 Å². The summed E-state index contributed by atoms with van der Waals surface area (Å²) in [6, 6.07) is 12.4. The predicted molar refractivity (Wildman–Crippen MR) is 108 cm³/mol. The SMILES string of the molecule is Cc1ccccc1C(=O)NNc1ncnc(Nc2cccc(Cl)c2Cl)c1N. The van der Waals surface area contributed by atoms with E-state index in [-0.39, 0.29) is 17.4 Å². The van der Waals surface area contributed by atoms with Gasteiger partial charge in [0, 0.05) is 5.56 Å². The molecular weight excluding hydrogens is 387 g/mol. The lowest BCUT2D eigenvalue weighted by atomic mass is 10.1. The van der Waals surface area contributed by atoms with Crippen molar-refractivity contribution >= 4 is 52.1 Å². The van der Waals surface area contributed by atoms with E-state index in [9.17, 15) is 4.79 Å². The maximum absolute atomic E-state index is 12.3. The van der Waals surface area contributed by atoms with Crippen LogP contribution in [-0.4, -0.2) is 15.9 Å². The van der Waals surface area contributed by atoms with Crippen molar-refractivity contribution in [1.29, 1.82) is 0 Å². The van der Waals surface area contributed by atoms with E-state index in [0.29, 0.717) is 27.1 Å². The quantitative estimate of drug-likeness (QED) is 0.477. The Bertz CT molecular complexity index is 995. The smallest absolute Gasteiger partial charge is 0.269 e. The standard InChI is InChI=1S/C18H16Cl2N6O/c1-10-5-2-3-6-11(10)18(27)26-25-17-15(21)16(22-9-23-17)24-13-8-4-7-12(19)14(13)20/h2-9H,21H2,1H3,(H,26,27)(H2,22,23,24,25). The minimum atomic E-state index is -0.307. The molecular formula is C18H16Cl2N6O. The highest BCUT2D eigenvalue weighted by Gasteiger charge is 2.13. The van der Waals surface area contributed by atoms with Gasteiger partial charge in [-0.05, 0) is 30.7 Å². The molecule has 0 aliphatic rings. The number of amides is 1. The van der Waals surface area contributed by atoms with Crippen molar-refractivity contribution in [3.63, 3.8) is 0 Å². The average Bonchev–Trinajstić information content (AvgIpc) is 2.66. The molecule has 2 aromatic carbocycles. The molecule has 0 atom stereocenters. The van der Waals surface area contributed by atoms with Crippen LogP contribution >= 0.6 is 23.2 Å². The van der Waals surface area contributed by atoms with E-state index in [1.54, 1.807) is 30.3 Å². The Balaban J connectivity index is 1.76. The topological polar surface area (TPSA) is 105 Å². The fraction of sp³-hybridized carbons (Fsp3) is 0.0556. The number of hydrogen-bond donors (Lipinski definition) is 4. The Morgan fingerprint density at radius 1 is 1.04 bits per heavy atom. The monoisotopic (exact) mass is 402 g/mol. The van der Waals surface area contributed by atoms with E-state index < -0.39 is 0 Å². The minimum Gasteiger partial charge on any atom is -0.393 e. The van der Waals surface area contributed by atoms with Gasteiger partial charge in [-0.2, -0.15) is 0 Å². The first-order valence-electron chi connectivity index (χ1n) is 7.91. The second-order valence-corrected chi connectivity index (χ2v) is 6.39. The van der Waals surface area contributed by atoms with Crippen molar-refractivity contribution in [2.75, 3.05) is 16.5 Å². The van der Waals surface area contributed by atoms with E-state index in [2.05, 4.69) is 26.1 Å². The van der Waals surface area contributed by atoms with Gasteiger partial charge in [-0.3, -0.25) is 15.6 Å². The maximum Gasteiger partial charge on any atom is 0.269 e. The van der Waals surface area contributed by atoms with Crippen LogP contribution in [0, 0.1) is 6.92 Å². The number of hydrazine groups is 1. The Morgan fingerprint density at radius 3 is 2.56 bits per heavy atom. The molecule has 0 spiro atoms. The number of benzene rings is 2. The number of nitrogens with two attached hydrogens (primary N) is 1. The zero-order chi connectivity index (χ0) is 19.4. The summed E-state index contributed by atoms with van der Waals surface area (Å²) < 4.78 is 0. The first-order valence-corrected chi connectivity index (χ1v) is 8.66. The van der Waals surface area contributed by atoms with Gasteiger partial charge in [-0.15, -0.1) is 0 Å². The number of carbonyl (C=O) groups is 1. The lowest BCUT2D eigenvalue weighted by Crippen LogP contribution is -2.30. The first kappa shape index (κ1) is 18.8. The summed E-state index contributed by atoms with van der Waals surface area (Å²) in [7, 11) is 0. The van der Waals surface area contributed by atoms with Gasteiger partial charge < -0.3 is 11.1 Å². The third-order valence-electron chi connectivity index (χ3n) is 3.77. The van der Waals surface area contributed by atoms with Crippen LogP contribution in [0.15, 0.2) is 48.8 Å². The molecule has 0 unspecified atom stereocenters. The average molecular weight is 403 g/mol. The van der Waals surface area contributed by atoms with Crippen molar-refractivity contribution < 1.29 is 4.79 Å². The fourth-order valence-corrected chi connectivity index (χ4v) is 2.68.